The summed E-state index contributed by atoms with van der Waals surface area (Å²) in [6.45, 7) is 5.06. The van der Waals surface area contributed by atoms with E-state index in [1.54, 1.807) is 7.11 Å². The van der Waals surface area contributed by atoms with E-state index in [1.807, 2.05) is 0 Å². The molecule has 0 aromatic carbocycles. The summed E-state index contributed by atoms with van der Waals surface area (Å²) < 4.78 is 7.46. The molecular weight excluding hydrogens is 214 g/mol. The highest BCUT2D eigenvalue weighted by Crippen LogP contribution is 2.28. The van der Waals surface area contributed by atoms with Gasteiger partial charge in [-0.1, -0.05) is 0 Å². The number of methoxy groups -OCH3 is 1. The Morgan fingerprint density at radius 1 is 1.47 bits per heavy atom. The van der Waals surface area contributed by atoms with Gasteiger partial charge in [-0.2, -0.15) is 0 Å². The maximum absolute atomic E-state index is 11.8. The molecule has 0 N–H and O–H groups in total. The number of hydrogen-bond donors (Lipinski definition) is 0. The summed E-state index contributed by atoms with van der Waals surface area (Å²) in [5.41, 5.74) is 3.40. The van der Waals surface area contributed by atoms with Gasteiger partial charge in [0.1, 0.15) is 0 Å². The minimum atomic E-state index is 0.312. The van der Waals surface area contributed by atoms with E-state index in [-0.39, 0.29) is 0 Å². The number of aromatic nitrogens is 1. The molecule has 0 bridgehead atoms. The van der Waals surface area contributed by atoms with Crippen molar-refractivity contribution >= 4 is 5.78 Å². The summed E-state index contributed by atoms with van der Waals surface area (Å²) in [4.78, 5) is 11.8. The van der Waals surface area contributed by atoms with Gasteiger partial charge in [0.15, 0.2) is 5.78 Å². The molecule has 1 heterocycles. The molecule has 0 fully saturated rings. The number of Topliss-reactive ketones (excluding diaryl/α,β-unsaturated/α-hetero) is 1. The smallest absolute Gasteiger partial charge is 0.164 e. The molecule has 1 atom stereocenters. The van der Waals surface area contributed by atoms with Crippen LogP contribution in [0.4, 0.5) is 0 Å². The second-order valence-electron chi connectivity index (χ2n) is 4.92. The fourth-order valence-electron chi connectivity index (χ4n) is 2.78. The summed E-state index contributed by atoms with van der Waals surface area (Å²) in [6.07, 6.45) is 3.73. The quantitative estimate of drug-likeness (QED) is 0.803. The minimum absolute atomic E-state index is 0.312. The molecular formula is C14H21NO2. The molecule has 17 heavy (non-hydrogen) atoms. The van der Waals surface area contributed by atoms with Crippen LogP contribution in [0.3, 0.4) is 0 Å². The van der Waals surface area contributed by atoms with Crippen molar-refractivity contribution in [3.63, 3.8) is 0 Å². The number of carbonyl (C=O) groups excluding carboxylic acids is 1. The Hall–Kier alpha value is -1.09. The molecule has 1 unspecified atom stereocenters. The number of ketones is 1. The SMILES string of the molecule is COCCC(C)n1c(C)cc2c1CCCC2=O. The van der Waals surface area contributed by atoms with Gasteiger partial charge in [0, 0.05) is 43.1 Å². The Morgan fingerprint density at radius 3 is 2.94 bits per heavy atom. The lowest BCUT2D eigenvalue weighted by Crippen LogP contribution is -2.17. The van der Waals surface area contributed by atoms with Crippen molar-refractivity contribution in [2.45, 2.75) is 45.6 Å². The van der Waals surface area contributed by atoms with E-state index in [2.05, 4.69) is 24.5 Å². The standard InChI is InChI=1S/C14H21NO2/c1-10(7-8-17-3)15-11(2)9-12-13(15)5-4-6-14(12)16/h9-10H,4-8H2,1-3H3. The molecule has 3 nitrogen and oxygen atoms in total. The van der Waals surface area contributed by atoms with Gasteiger partial charge in [0.2, 0.25) is 0 Å². The predicted octanol–water partition coefficient (Wildman–Crippen LogP) is 2.91. The lowest BCUT2D eigenvalue weighted by atomic mass is 9.96. The molecule has 0 saturated heterocycles. The van der Waals surface area contributed by atoms with Crippen LogP contribution < -0.4 is 0 Å². The van der Waals surface area contributed by atoms with Crippen LogP contribution in [0, 0.1) is 6.92 Å². The molecule has 1 aliphatic rings. The normalized spacial score (nSPS) is 17.0. The van der Waals surface area contributed by atoms with E-state index in [4.69, 9.17) is 4.74 Å². The molecule has 1 aromatic rings. The topological polar surface area (TPSA) is 31.2 Å². The molecule has 1 aromatic heterocycles. The minimum Gasteiger partial charge on any atom is -0.385 e. The number of hydrogen-bond acceptors (Lipinski definition) is 2. The van der Waals surface area contributed by atoms with Crippen molar-refractivity contribution in [1.82, 2.24) is 4.57 Å². The Labute approximate surface area is 103 Å². The Kier molecular flexibility index (Phi) is 3.67. The van der Waals surface area contributed by atoms with Crippen molar-refractivity contribution in [3.05, 3.63) is 23.0 Å². The summed E-state index contributed by atoms with van der Waals surface area (Å²) in [7, 11) is 1.73. The largest absolute Gasteiger partial charge is 0.385 e. The third-order valence-electron chi connectivity index (χ3n) is 3.63. The van der Waals surface area contributed by atoms with Gasteiger partial charge < -0.3 is 9.30 Å². The van der Waals surface area contributed by atoms with Gasteiger partial charge in [-0.05, 0) is 39.2 Å². The first-order chi connectivity index (χ1) is 8.15. The van der Waals surface area contributed by atoms with Crippen molar-refractivity contribution in [1.29, 1.82) is 0 Å². The van der Waals surface area contributed by atoms with Crippen LogP contribution in [0.1, 0.15) is 54.0 Å². The molecule has 0 saturated carbocycles. The first kappa shape index (κ1) is 12.4. The summed E-state index contributed by atoms with van der Waals surface area (Å²) in [5, 5.41) is 0. The van der Waals surface area contributed by atoms with Crippen LogP contribution in [0.15, 0.2) is 6.07 Å². The van der Waals surface area contributed by atoms with Gasteiger partial charge >= 0.3 is 0 Å². The van der Waals surface area contributed by atoms with Crippen LogP contribution in [0.2, 0.25) is 0 Å². The van der Waals surface area contributed by atoms with E-state index < -0.39 is 0 Å². The third-order valence-corrected chi connectivity index (χ3v) is 3.63. The highest BCUT2D eigenvalue weighted by Gasteiger charge is 2.24. The molecule has 94 valence electrons. The molecule has 0 aliphatic heterocycles. The molecule has 0 radical (unpaired) electrons. The van der Waals surface area contributed by atoms with Crippen molar-refractivity contribution in [2.24, 2.45) is 0 Å². The first-order valence-corrected chi connectivity index (χ1v) is 6.38. The maximum Gasteiger partial charge on any atom is 0.164 e. The van der Waals surface area contributed by atoms with E-state index in [1.165, 1.54) is 11.4 Å². The summed E-state index contributed by atoms with van der Waals surface area (Å²) >= 11 is 0. The highest BCUT2D eigenvalue weighted by molar-refractivity contribution is 5.98. The van der Waals surface area contributed by atoms with Gasteiger partial charge in [-0.25, -0.2) is 0 Å². The van der Waals surface area contributed by atoms with Crippen LogP contribution >= 0.6 is 0 Å². The highest BCUT2D eigenvalue weighted by atomic mass is 16.5. The van der Waals surface area contributed by atoms with Gasteiger partial charge in [-0.3, -0.25) is 4.79 Å². The molecule has 0 amide bonds. The number of rotatable bonds is 4. The lowest BCUT2D eigenvalue weighted by molar-refractivity contribution is 0.0971. The zero-order valence-corrected chi connectivity index (χ0v) is 11.0. The fourth-order valence-corrected chi connectivity index (χ4v) is 2.78. The fraction of sp³-hybridized carbons (Fsp3) is 0.643. The molecule has 2 rings (SSSR count). The van der Waals surface area contributed by atoms with E-state index in [0.29, 0.717) is 18.2 Å². The van der Waals surface area contributed by atoms with Crippen molar-refractivity contribution in [3.8, 4) is 0 Å². The van der Waals surface area contributed by atoms with Crippen LogP contribution in [-0.4, -0.2) is 24.1 Å². The second-order valence-corrected chi connectivity index (χ2v) is 4.92. The van der Waals surface area contributed by atoms with Gasteiger partial charge in [0.25, 0.3) is 0 Å². The van der Waals surface area contributed by atoms with E-state index in [9.17, 15) is 4.79 Å². The maximum atomic E-state index is 11.8. The van der Waals surface area contributed by atoms with E-state index >= 15 is 0 Å². The second kappa shape index (κ2) is 5.05. The number of nitrogens with zero attached hydrogens (tertiary/aromatic N) is 1. The third kappa shape index (κ3) is 2.29. The zero-order chi connectivity index (χ0) is 12.4. The molecule has 1 aliphatic carbocycles. The predicted molar refractivity (Wildman–Crippen MR) is 67.6 cm³/mol. The van der Waals surface area contributed by atoms with Crippen LogP contribution in [0.5, 0.6) is 0 Å². The average molecular weight is 235 g/mol. The van der Waals surface area contributed by atoms with E-state index in [0.717, 1.165) is 31.4 Å². The molecule has 3 heteroatoms. The average Bonchev–Trinajstić information content (AvgIpc) is 2.64. The number of fused-ring (bicyclic) bond motifs is 1. The Bertz CT molecular complexity index is 420. The number of carbonyl (C=O) groups is 1. The Morgan fingerprint density at radius 2 is 2.24 bits per heavy atom. The first-order valence-electron chi connectivity index (χ1n) is 6.38. The lowest BCUT2D eigenvalue weighted by Gasteiger charge is -2.21. The van der Waals surface area contributed by atoms with Gasteiger partial charge in [0.05, 0.1) is 0 Å². The Balaban J connectivity index is 2.30. The van der Waals surface area contributed by atoms with Gasteiger partial charge in [-0.15, -0.1) is 0 Å². The monoisotopic (exact) mass is 235 g/mol. The number of aryl methyl sites for hydroxylation is 1. The van der Waals surface area contributed by atoms with Crippen LogP contribution in [-0.2, 0) is 11.2 Å². The van der Waals surface area contributed by atoms with Crippen LogP contribution in [0.25, 0.3) is 0 Å². The van der Waals surface area contributed by atoms with Crippen molar-refractivity contribution in [2.75, 3.05) is 13.7 Å². The summed E-state index contributed by atoms with van der Waals surface area (Å²) in [5.74, 6) is 0.312. The zero-order valence-electron chi connectivity index (χ0n) is 11.0. The summed E-state index contributed by atoms with van der Waals surface area (Å²) in [6, 6.07) is 2.46. The van der Waals surface area contributed by atoms with Crippen molar-refractivity contribution < 1.29 is 9.53 Å². The molecule has 0 spiro atoms. The number of ether oxygens (including phenoxy) is 1.